The molecule has 1 aromatic rings. The van der Waals surface area contributed by atoms with E-state index < -0.39 is 0 Å². The van der Waals surface area contributed by atoms with Crippen molar-refractivity contribution in [3.63, 3.8) is 0 Å². The highest BCUT2D eigenvalue weighted by Crippen LogP contribution is 2.15. The number of anilines is 1. The van der Waals surface area contributed by atoms with Gasteiger partial charge in [-0.2, -0.15) is 0 Å². The van der Waals surface area contributed by atoms with Crippen LogP contribution in [0.2, 0.25) is 0 Å². The van der Waals surface area contributed by atoms with Crippen molar-refractivity contribution in [2.75, 3.05) is 18.8 Å². The van der Waals surface area contributed by atoms with Crippen LogP contribution in [-0.2, 0) is 0 Å². The van der Waals surface area contributed by atoms with Crippen LogP contribution in [0.4, 0.5) is 5.69 Å². The largest absolute Gasteiger partial charge is 0.398 e. The van der Waals surface area contributed by atoms with Crippen LogP contribution in [0.15, 0.2) is 18.2 Å². The van der Waals surface area contributed by atoms with Gasteiger partial charge >= 0.3 is 0 Å². The van der Waals surface area contributed by atoms with Crippen molar-refractivity contribution in [2.24, 2.45) is 0 Å². The van der Waals surface area contributed by atoms with Crippen LogP contribution in [0.5, 0.6) is 0 Å². The zero-order valence-corrected chi connectivity index (χ0v) is 13.2. The fourth-order valence-electron chi connectivity index (χ4n) is 2.41. The van der Waals surface area contributed by atoms with E-state index in [9.17, 15) is 4.79 Å². The Morgan fingerprint density at radius 3 is 2.40 bits per heavy atom. The zero-order valence-electron chi connectivity index (χ0n) is 13.2. The predicted octanol–water partition coefficient (Wildman–Crippen LogP) is 2.43. The topological polar surface area (TPSA) is 58.4 Å². The number of carbonyl (C=O) groups is 1. The summed E-state index contributed by atoms with van der Waals surface area (Å²) in [7, 11) is 0. The number of nitrogens with zero attached hydrogens (tertiary/aromatic N) is 1. The molecule has 0 aromatic heterocycles. The number of amides is 1. The lowest BCUT2D eigenvalue weighted by Gasteiger charge is -2.30. The molecule has 20 heavy (non-hydrogen) atoms. The molecule has 1 rings (SSSR count). The number of hydrogen-bond donors (Lipinski definition) is 2. The smallest absolute Gasteiger partial charge is 0.251 e. The SMILES string of the molecule is Cc1c(N)cccc1C(=O)NCCN(C(C)C)C(C)C. The maximum atomic E-state index is 12.2. The number of carbonyl (C=O) groups excluding carboxylic acids is 1. The second-order valence-electron chi connectivity index (χ2n) is 5.70. The maximum Gasteiger partial charge on any atom is 0.251 e. The summed E-state index contributed by atoms with van der Waals surface area (Å²) >= 11 is 0. The summed E-state index contributed by atoms with van der Waals surface area (Å²) in [6.07, 6.45) is 0. The van der Waals surface area contributed by atoms with Gasteiger partial charge in [0, 0.05) is 36.4 Å². The minimum atomic E-state index is -0.0535. The van der Waals surface area contributed by atoms with E-state index in [1.165, 1.54) is 0 Å². The molecule has 0 atom stereocenters. The van der Waals surface area contributed by atoms with Crippen molar-refractivity contribution in [1.29, 1.82) is 0 Å². The van der Waals surface area contributed by atoms with Crippen LogP contribution >= 0.6 is 0 Å². The van der Waals surface area contributed by atoms with Crippen LogP contribution in [0, 0.1) is 6.92 Å². The van der Waals surface area contributed by atoms with E-state index >= 15 is 0 Å². The molecule has 3 N–H and O–H groups in total. The van der Waals surface area contributed by atoms with Gasteiger partial charge in [-0.25, -0.2) is 0 Å². The molecule has 112 valence electrons. The molecule has 4 heteroatoms. The first kappa shape index (κ1) is 16.5. The highest BCUT2D eigenvalue weighted by molar-refractivity contribution is 5.96. The van der Waals surface area contributed by atoms with E-state index in [1.54, 1.807) is 0 Å². The van der Waals surface area contributed by atoms with Crippen LogP contribution in [0.3, 0.4) is 0 Å². The van der Waals surface area contributed by atoms with Gasteiger partial charge in [-0.15, -0.1) is 0 Å². The van der Waals surface area contributed by atoms with E-state index in [0.29, 0.717) is 29.9 Å². The Bertz CT molecular complexity index is 447. The third-order valence-corrected chi connectivity index (χ3v) is 3.60. The molecule has 0 saturated heterocycles. The second kappa shape index (κ2) is 7.29. The molecular formula is C16H27N3O. The molecule has 0 fully saturated rings. The quantitative estimate of drug-likeness (QED) is 0.785. The van der Waals surface area contributed by atoms with E-state index in [4.69, 9.17) is 5.73 Å². The highest BCUT2D eigenvalue weighted by atomic mass is 16.1. The first-order chi connectivity index (χ1) is 9.34. The molecule has 0 aliphatic heterocycles. The summed E-state index contributed by atoms with van der Waals surface area (Å²) in [6, 6.07) is 6.38. The maximum absolute atomic E-state index is 12.2. The van der Waals surface area contributed by atoms with E-state index in [0.717, 1.165) is 12.1 Å². The molecule has 1 amide bonds. The third kappa shape index (κ3) is 4.23. The lowest BCUT2D eigenvalue weighted by atomic mass is 10.1. The molecular weight excluding hydrogens is 250 g/mol. The van der Waals surface area contributed by atoms with Crippen LogP contribution in [0.25, 0.3) is 0 Å². The zero-order chi connectivity index (χ0) is 15.3. The standard InChI is InChI=1S/C16H27N3O/c1-11(2)19(12(3)4)10-9-18-16(20)14-7-6-8-15(17)13(14)5/h6-8,11-12H,9-10,17H2,1-5H3,(H,18,20). The summed E-state index contributed by atoms with van der Waals surface area (Å²) in [6.45, 7) is 12.0. The minimum Gasteiger partial charge on any atom is -0.398 e. The summed E-state index contributed by atoms with van der Waals surface area (Å²) in [5.41, 5.74) is 7.98. The van der Waals surface area contributed by atoms with E-state index in [2.05, 4.69) is 37.9 Å². The van der Waals surface area contributed by atoms with Crippen molar-refractivity contribution in [3.8, 4) is 0 Å². The predicted molar refractivity (Wildman–Crippen MR) is 84.9 cm³/mol. The highest BCUT2D eigenvalue weighted by Gasteiger charge is 2.14. The summed E-state index contributed by atoms with van der Waals surface area (Å²) < 4.78 is 0. The van der Waals surface area contributed by atoms with Crippen LogP contribution in [-0.4, -0.2) is 36.0 Å². The van der Waals surface area contributed by atoms with Gasteiger partial charge < -0.3 is 11.1 Å². The fourth-order valence-corrected chi connectivity index (χ4v) is 2.41. The van der Waals surface area contributed by atoms with E-state index in [-0.39, 0.29) is 5.91 Å². The molecule has 0 heterocycles. The molecule has 1 aromatic carbocycles. The Hall–Kier alpha value is -1.55. The summed E-state index contributed by atoms with van der Waals surface area (Å²) in [4.78, 5) is 14.5. The molecule has 0 bridgehead atoms. The Morgan fingerprint density at radius 1 is 1.25 bits per heavy atom. The van der Waals surface area contributed by atoms with Gasteiger partial charge in [0.2, 0.25) is 0 Å². The molecule has 0 radical (unpaired) electrons. The lowest BCUT2D eigenvalue weighted by molar-refractivity contribution is 0.0939. The molecule has 0 saturated carbocycles. The molecule has 0 aliphatic rings. The van der Waals surface area contributed by atoms with Gasteiger partial charge in [0.1, 0.15) is 0 Å². The third-order valence-electron chi connectivity index (χ3n) is 3.60. The van der Waals surface area contributed by atoms with Gasteiger partial charge in [-0.1, -0.05) is 6.07 Å². The van der Waals surface area contributed by atoms with Gasteiger partial charge in [-0.05, 0) is 52.3 Å². The molecule has 0 spiro atoms. The number of nitrogen functional groups attached to an aromatic ring is 1. The van der Waals surface area contributed by atoms with Crippen molar-refractivity contribution in [3.05, 3.63) is 29.3 Å². The van der Waals surface area contributed by atoms with Crippen LogP contribution in [0.1, 0.15) is 43.6 Å². The van der Waals surface area contributed by atoms with E-state index in [1.807, 2.05) is 25.1 Å². The van der Waals surface area contributed by atoms with Crippen molar-refractivity contribution >= 4 is 11.6 Å². The fraction of sp³-hybridized carbons (Fsp3) is 0.562. The minimum absolute atomic E-state index is 0.0535. The summed E-state index contributed by atoms with van der Waals surface area (Å²) in [5.74, 6) is -0.0535. The van der Waals surface area contributed by atoms with Crippen LogP contribution < -0.4 is 11.1 Å². The Balaban J connectivity index is 2.58. The van der Waals surface area contributed by atoms with Crippen molar-refractivity contribution in [1.82, 2.24) is 10.2 Å². The van der Waals surface area contributed by atoms with Crippen molar-refractivity contribution in [2.45, 2.75) is 46.7 Å². The lowest BCUT2D eigenvalue weighted by Crippen LogP contribution is -2.42. The van der Waals surface area contributed by atoms with Gasteiger partial charge in [0.15, 0.2) is 0 Å². The van der Waals surface area contributed by atoms with Gasteiger partial charge in [-0.3, -0.25) is 9.69 Å². The Kier molecular flexibility index (Phi) is 6.02. The number of benzene rings is 1. The number of hydrogen-bond acceptors (Lipinski definition) is 3. The number of nitrogens with one attached hydrogen (secondary N) is 1. The monoisotopic (exact) mass is 277 g/mol. The first-order valence-electron chi connectivity index (χ1n) is 7.23. The first-order valence-corrected chi connectivity index (χ1v) is 7.23. The molecule has 0 unspecified atom stereocenters. The average Bonchev–Trinajstić information content (AvgIpc) is 2.36. The Labute approximate surface area is 122 Å². The Morgan fingerprint density at radius 2 is 1.85 bits per heavy atom. The molecule has 4 nitrogen and oxygen atoms in total. The van der Waals surface area contributed by atoms with Gasteiger partial charge in [0.25, 0.3) is 5.91 Å². The summed E-state index contributed by atoms with van der Waals surface area (Å²) in [5, 5.41) is 2.97. The number of rotatable bonds is 6. The second-order valence-corrected chi connectivity index (χ2v) is 5.70. The van der Waals surface area contributed by atoms with Crippen molar-refractivity contribution < 1.29 is 4.79 Å². The average molecular weight is 277 g/mol. The normalized spacial score (nSPS) is 11.4. The number of nitrogens with two attached hydrogens (primary N) is 1. The van der Waals surface area contributed by atoms with Gasteiger partial charge in [0.05, 0.1) is 0 Å². The molecule has 0 aliphatic carbocycles.